The second kappa shape index (κ2) is 10.9. The SMILES string of the molecule is CCO[Si](C)(CCCCN(Cc1ccccc1)[Si](C)(C)C(C)(C)C)OCC. The van der Waals surface area contributed by atoms with Gasteiger partial charge in [0.25, 0.3) is 0 Å². The Morgan fingerprint density at radius 1 is 0.889 bits per heavy atom. The van der Waals surface area contributed by atoms with E-state index in [1.165, 1.54) is 18.4 Å². The molecule has 0 heterocycles. The van der Waals surface area contributed by atoms with Gasteiger partial charge in [0.2, 0.25) is 0 Å². The minimum absolute atomic E-state index is 0.349. The van der Waals surface area contributed by atoms with Crippen LogP contribution in [-0.2, 0) is 15.4 Å². The summed E-state index contributed by atoms with van der Waals surface area (Å²) in [6.07, 6.45) is 2.39. The van der Waals surface area contributed by atoms with Crippen molar-refractivity contribution in [2.24, 2.45) is 0 Å². The standard InChI is InChI=1S/C22H43NO2Si2/c1-9-24-27(8,25-10-2)19-15-14-18-23(26(6,7)22(3,4)5)20-21-16-12-11-13-17-21/h11-13,16-17H,9-10,14-15,18-20H2,1-8H3. The van der Waals surface area contributed by atoms with E-state index < -0.39 is 16.8 Å². The van der Waals surface area contributed by atoms with E-state index in [1.807, 2.05) is 0 Å². The molecule has 0 amide bonds. The van der Waals surface area contributed by atoms with Crippen LogP contribution in [0.1, 0.15) is 53.0 Å². The van der Waals surface area contributed by atoms with Gasteiger partial charge in [0.05, 0.1) is 0 Å². The molecule has 0 atom stereocenters. The van der Waals surface area contributed by atoms with Crippen LogP contribution in [0.3, 0.4) is 0 Å². The Balaban J connectivity index is 2.74. The summed E-state index contributed by atoms with van der Waals surface area (Å²) < 4.78 is 14.8. The zero-order valence-electron chi connectivity index (χ0n) is 19.1. The highest BCUT2D eigenvalue weighted by Crippen LogP contribution is 2.39. The van der Waals surface area contributed by atoms with E-state index in [-0.39, 0.29) is 0 Å². The van der Waals surface area contributed by atoms with Crippen molar-refractivity contribution >= 4 is 16.8 Å². The molecule has 0 radical (unpaired) electrons. The maximum Gasteiger partial charge on any atom is 0.334 e. The normalized spacial score (nSPS) is 13.4. The molecule has 3 nitrogen and oxygen atoms in total. The zero-order valence-corrected chi connectivity index (χ0v) is 21.1. The van der Waals surface area contributed by atoms with Gasteiger partial charge in [0.15, 0.2) is 0 Å². The van der Waals surface area contributed by atoms with Gasteiger partial charge in [0.1, 0.15) is 8.24 Å². The third kappa shape index (κ3) is 7.82. The first kappa shape index (κ1) is 24.6. The summed E-state index contributed by atoms with van der Waals surface area (Å²) >= 11 is 0. The molecule has 156 valence electrons. The first-order valence-corrected chi connectivity index (χ1v) is 16.1. The minimum Gasteiger partial charge on any atom is -0.395 e. The van der Waals surface area contributed by atoms with E-state index in [1.54, 1.807) is 0 Å². The van der Waals surface area contributed by atoms with Crippen molar-refractivity contribution in [1.82, 2.24) is 4.57 Å². The van der Waals surface area contributed by atoms with Crippen molar-refractivity contribution in [2.75, 3.05) is 19.8 Å². The lowest BCUT2D eigenvalue weighted by Gasteiger charge is -2.46. The number of benzene rings is 1. The van der Waals surface area contributed by atoms with Gasteiger partial charge in [-0.1, -0.05) is 70.6 Å². The zero-order chi connectivity index (χ0) is 20.6. The minimum atomic E-state index is -1.99. The van der Waals surface area contributed by atoms with Gasteiger partial charge in [-0.05, 0) is 50.0 Å². The molecular weight excluding hydrogens is 366 g/mol. The molecule has 0 saturated heterocycles. The first-order chi connectivity index (χ1) is 12.6. The van der Waals surface area contributed by atoms with E-state index >= 15 is 0 Å². The lowest BCUT2D eigenvalue weighted by atomic mass is 10.2. The maximum absolute atomic E-state index is 6.01. The number of unbranched alkanes of at least 4 members (excludes halogenated alkanes) is 1. The fraction of sp³-hybridized carbons (Fsp3) is 0.727. The molecule has 1 aromatic carbocycles. The molecule has 27 heavy (non-hydrogen) atoms. The summed E-state index contributed by atoms with van der Waals surface area (Å²) in [4.78, 5) is 0. The molecular formula is C22H43NO2Si2. The van der Waals surface area contributed by atoms with Gasteiger partial charge in [-0.3, -0.25) is 0 Å². The van der Waals surface area contributed by atoms with Crippen molar-refractivity contribution in [2.45, 2.75) is 84.7 Å². The van der Waals surface area contributed by atoms with E-state index in [2.05, 4.69) is 89.2 Å². The molecule has 0 bridgehead atoms. The van der Waals surface area contributed by atoms with Crippen LogP contribution in [0, 0.1) is 0 Å². The topological polar surface area (TPSA) is 21.7 Å². The van der Waals surface area contributed by atoms with Crippen molar-refractivity contribution < 1.29 is 8.85 Å². The van der Waals surface area contributed by atoms with Gasteiger partial charge < -0.3 is 13.4 Å². The maximum atomic E-state index is 6.01. The number of hydrogen-bond donors (Lipinski definition) is 0. The smallest absolute Gasteiger partial charge is 0.334 e. The van der Waals surface area contributed by atoms with Crippen LogP contribution < -0.4 is 0 Å². The van der Waals surface area contributed by atoms with E-state index in [4.69, 9.17) is 8.85 Å². The summed E-state index contributed by atoms with van der Waals surface area (Å²) in [5, 5.41) is 0.349. The molecule has 0 unspecified atom stereocenters. The molecule has 5 heteroatoms. The highest BCUT2D eigenvalue weighted by Gasteiger charge is 2.40. The molecule has 0 aliphatic carbocycles. The summed E-state index contributed by atoms with van der Waals surface area (Å²) in [6.45, 7) is 22.4. The van der Waals surface area contributed by atoms with Crippen LogP contribution in [0.2, 0.25) is 30.7 Å². The number of rotatable bonds is 12. The van der Waals surface area contributed by atoms with Gasteiger partial charge in [0, 0.05) is 19.8 Å². The predicted molar refractivity (Wildman–Crippen MR) is 123 cm³/mol. The lowest BCUT2D eigenvalue weighted by Crippen LogP contribution is -2.54. The third-order valence-corrected chi connectivity index (χ3v) is 14.7. The largest absolute Gasteiger partial charge is 0.395 e. The van der Waals surface area contributed by atoms with Crippen LogP contribution in [0.4, 0.5) is 0 Å². The molecule has 0 aliphatic heterocycles. The second-order valence-electron chi connectivity index (χ2n) is 9.17. The van der Waals surface area contributed by atoms with Gasteiger partial charge in [-0.15, -0.1) is 0 Å². The molecule has 0 saturated carbocycles. The van der Waals surface area contributed by atoms with E-state index in [9.17, 15) is 0 Å². The number of nitrogens with zero attached hydrogens (tertiary/aromatic N) is 1. The summed E-state index contributed by atoms with van der Waals surface area (Å²) in [6, 6.07) is 12.0. The monoisotopic (exact) mass is 409 g/mol. The molecule has 0 fully saturated rings. The molecule has 0 N–H and O–H groups in total. The molecule has 0 aromatic heterocycles. The Bertz CT molecular complexity index is 523. The lowest BCUT2D eigenvalue weighted by molar-refractivity contribution is 0.188. The van der Waals surface area contributed by atoms with E-state index in [0.717, 1.165) is 32.3 Å². The van der Waals surface area contributed by atoms with E-state index in [0.29, 0.717) is 5.04 Å². The Morgan fingerprint density at radius 2 is 1.44 bits per heavy atom. The molecule has 1 rings (SSSR count). The van der Waals surface area contributed by atoms with Crippen LogP contribution in [-0.4, -0.2) is 41.1 Å². The van der Waals surface area contributed by atoms with Crippen LogP contribution >= 0.6 is 0 Å². The van der Waals surface area contributed by atoms with Crippen molar-refractivity contribution in [1.29, 1.82) is 0 Å². The Kier molecular flexibility index (Phi) is 9.93. The Hall–Kier alpha value is -0.466. The fourth-order valence-electron chi connectivity index (χ4n) is 3.38. The highest BCUT2D eigenvalue weighted by molar-refractivity contribution is 6.77. The van der Waals surface area contributed by atoms with Crippen LogP contribution in [0.25, 0.3) is 0 Å². The molecule has 0 aliphatic rings. The van der Waals surface area contributed by atoms with Gasteiger partial charge in [-0.2, -0.15) is 0 Å². The van der Waals surface area contributed by atoms with Gasteiger partial charge in [-0.25, -0.2) is 0 Å². The van der Waals surface area contributed by atoms with Crippen LogP contribution in [0.5, 0.6) is 0 Å². The van der Waals surface area contributed by atoms with Crippen molar-refractivity contribution in [3.8, 4) is 0 Å². The fourth-order valence-corrected chi connectivity index (χ4v) is 8.11. The summed E-state index contributed by atoms with van der Waals surface area (Å²) in [5.74, 6) is 0. The van der Waals surface area contributed by atoms with Gasteiger partial charge >= 0.3 is 8.56 Å². The van der Waals surface area contributed by atoms with Crippen molar-refractivity contribution in [3.63, 3.8) is 0 Å². The molecule has 0 spiro atoms. The average Bonchev–Trinajstić information content (AvgIpc) is 2.58. The van der Waals surface area contributed by atoms with Crippen molar-refractivity contribution in [3.05, 3.63) is 35.9 Å². The number of hydrogen-bond acceptors (Lipinski definition) is 3. The molecule has 1 aromatic rings. The highest BCUT2D eigenvalue weighted by atomic mass is 28.4. The summed E-state index contributed by atoms with van der Waals surface area (Å²) in [7, 11) is -3.55. The van der Waals surface area contributed by atoms with Crippen LogP contribution in [0.15, 0.2) is 30.3 Å². The third-order valence-electron chi connectivity index (χ3n) is 6.05. The Morgan fingerprint density at radius 3 is 1.93 bits per heavy atom. The Labute approximate surface area is 170 Å². The quantitative estimate of drug-likeness (QED) is 0.294. The summed E-state index contributed by atoms with van der Waals surface area (Å²) in [5.41, 5.74) is 1.42. The second-order valence-corrected chi connectivity index (χ2v) is 17.8. The predicted octanol–water partition coefficient (Wildman–Crippen LogP) is 6.42. The first-order valence-electron chi connectivity index (χ1n) is 10.6. The average molecular weight is 410 g/mol.